The summed E-state index contributed by atoms with van der Waals surface area (Å²) >= 11 is 0. The highest BCUT2D eigenvalue weighted by atomic mass is 16.7. The van der Waals surface area contributed by atoms with Gasteiger partial charge in [-0.3, -0.25) is 9.59 Å². The minimum absolute atomic E-state index is 0.0574. The first-order valence-corrected chi connectivity index (χ1v) is 6.12. The molecule has 2 amide bonds. The molecule has 0 aliphatic heterocycles. The second-order valence-corrected chi connectivity index (χ2v) is 5.43. The van der Waals surface area contributed by atoms with E-state index in [-0.39, 0.29) is 17.2 Å². The van der Waals surface area contributed by atoms with E-state index in [2.05, 4.69) is 10.2 Å². The average Bonchev–Trinajstić information content (AvgIpc) is 2.32. The van der Waals surface area contributed by atoms with Gasteiger partial charge in [-0.15, -0.1) is 0 Å². The Morgan fingerprint density at radius 2 is 1.86 bits per heavy atom. The first-order chi connectivity index (χ1) is 9.59. The second kappa shape index (κ2) is 6.21. The van der Waals surface area contributed by atoms with Crippen LogP contribution >= 0.6 is 0 Å². The lowest BCUT2D eigenvalue weighted by molar-refractivity contribution is -0.604. The number of anilines is 1. The number of hydrogen-bond donors (Lipinski definition) is 2. The molecule has 8 heteroatoms. The van der Waals surface area contributed by atoms with Crippen molar-refractivity contribution in [2.45, 2.75) is 27.7 Å². The molecule has 21 heavy (non-hydrogen) atoms. The van der Waals surface area contributed by atoms with Crippen molar-refractivity contribution in [3.05, 3.63) is 29.2 Å². The monoisotopic (exact) mass is 295 g/mol. The van der Waals surface area contributed by atoms with Crippen LogP contribution in [0.15, 0.2) is 18.5 Å². The summed E-state index contributed by atoms with van der Waals surface area (Å²) < 4.78 is 0.367. The minimum Gasteiger partial charge on any atom is -0.619 e. The van der Waals surface area contributed by atoms with Gasteiger partial charge in [0.15, 0.2) is 6.20 Å². The van der Waals surface area contributed by atoms with Gasteiger partial charge < -0.3 is 15.4 Å². The molecule has 1 heterocycles. The van der Waals surface area contributed by atoms with E-state index in [1.807, 2.05) is 5.48 Å². The third kappa shape index (κ3) is 5.09. The Morgan fingerprint density at radius 3 is 2.38 bits per heavy atom. The van der Waals surface area contributed by atoms with E-state index in [0.29, 0.717) is 4.73 Å². The molecule has 0 bridgehead atoms. The first kappa shape index (κ1) is 16.4. The lowest BCUT2D eigenvalue weighted by atomic mass is 9.98. The van der Waals surface area contributed by atoms with Crippen molar-refractivity contribution < 1.29 is 24.0 Å². The van der Waals surface area contributed by atoms with Crippen LogP contribution in [-0.4, -0.2) is 17.8 Å². The van der Waals surface area contributed by atoms with Crippen LogP contribution in [0.4, 0.5) is 5.69 Å². The van der Waals surface area contributed by atoms with Crippen molar-refractivity contribution in [1.82, 2.24) is 5.48 Å². The molecule has 0 radical (unpaired) electrons. The number of carbonyl (C=O) groups is 3. The van der Waals surface area contributed by atoms with Crippen LogP contribution in [0.2, 0.25) is 0 Å². The third-order valence-electron chi connectivity index (χ3n) is 2.28. The molecule has 0 fully saturated rings. The normalized spacial score (nSPS) is 10.7. The van der Waals surface area contributed by atoms with Crippen LogP contribution in [0.1, 0.15) is 38.1 Å². The van der Waals surface area contributed by atoms with Gasteiger partial charge in [-0.1, -0.05) is 0 Å². The fraction of sp³-hybridized carbons (Fsp3) is 0.385. The molecule has 0 aromatic carbocycles. The first-order valence-electron chi connectivity index (χ1n) is 6.12. The molecule has 0 saturated carbocycles. The molecule has 0 atom stereocenters. The molecule has 0 unspecified atom stereocenters. The highest BCUT2D eigenvalue weighted by Crippen LogP contribution is 2.14. The van der Waals surface area contributed by atoms with E-state index in [1.54, 1.807) is 20.8 Å². The highest BCUT2D eigenvalue weighted by Gasteiger charge is 2.25. The van der Waals surface area contributed by atoms with Crippen LogP contribution in [-0.2, 0) is 14.4 Å². The summed E-state index contributed by atoms with van der Waals surface area (Å²) in [6, 6.07) is 1.29. The number of rotatable bonds is 2. The van der Waals surface area contributed by atoms with Crippen LogP contribution in [0.25, 0.3) is 0 Å². The molecule has 0 aliphatic rings. The number of hydroxylamine groups is 1. The van der Waals surface area contributed by atoms with Gasteiger partial charge in [0.05, 0.1) is 5.41 Å². The zero-order chi connectivity index (χ0) is 16.2. The van der Waals surface area contributed by atoms with E-state index >= 15 is 0 Å². The molecule has 0 saturated heterocycles. The number of pyridine rings is 1. The van der Waals surface area contributed by atoms with Crippen LogP contribution in [0, 0.1) is 10.6 Å². The number of hydrogen-bond acceptors (Lipinski definition) is 5. The standard InChI is InChI=1S/C13H17N3O5/c1-8(17)14-10-5-9(6-16(20)7-10)11(18)15-21-12(19)13(2,3)4/h5-7H,1-4H3,(H,14,17)(H,15,18). The smallest absolute Gasteiger partial charge is 0.337 e. The predicted molar refractivity (Wildman–Crippen MR) is 72.7 cm³/mol. The van der Waals surface area contributed by atoms with Crippen molar-refractivity contribution in [2.75, 3.05) is 5.32 Å². The van der Waals surface area contributed by atoms with Gasteiger partial charge in [0, 0.05) is 6.92 Å². The quantitative estimate of drug-likeness (QED) is 0.469. The Hall–Kier alpha value is -2.64. The zero-order valence-corrected chi connectivity index (χ0v) is 12.2. The molecule has 8 nitrogen and oxygen atoms in total. The van der Waals surface area contributed by atoms with E-state index < -0.39 is 17.3 Å². The molecule has 2 N–H and O–H groups in total. The van der Waals surface area contributed by atoms with E-state index in [4.69, 9.17) is 0 Å². The van der Waals surface area contributed by atoms with Crippen molar-refractivity contribution in [3.63, 3.8) is 0 Å². The molecule has 0 aliphatic carbocycles. The highest BCUT2D eigenvalue weighted by molar-refractivity contribution is 5.96. The number of nitrogens with one attached hydrogen (secondary N) is 2. The summed E-state index contributed by atoms with van der Waals surface area (Å²) in [4.78, 5) is 38.9. The SMILES string of the molecule is CC(=O)Nc1cc(C(=O)NOC(=O)C(C)(C)C)c[n+]([O-])c1. The number of carbonyl (C=O) groups excluding carboxylic acids is 3. The molecular weight excluding hydrogens is 278 g/mol. The number of nitrogens with zero attached hydrogens (tertiary/aromatic N) is 1. The summed E-state index contributed by atoms with van der Waals surface area (Å²) in [5.74, 6) is -1.78. The largest absolute Gasteiger partial charge is 0.619 e. The maximum Gasteiger partial charge on any atom is 0.337 e. The van der Waals surface area contributed by atoms with Gasteiger partial charge in [0.25, 0.3) is 5.91 Å². The van der Waals surface area contributed by atoms with Gasteiger partial charge in [-0.05, 0) is 26.8 Å². The lowest BCUT2D eigenvalue weighted by Crippen LogP contribution is -2.35. The van der Waals surface area contributed by atoms with Gasteiger partial charge in [-0.25, -0.2) is 4.79 Å². The number of aromatic nitrogens is 1. The second-order valence-electron chi connectivity index (χ2n) is 5.43. The Labute approximate surface area is 121 Å². The topological polar surface area (TPSA) is 111 Å². The predicted octanol–water partition coefficient (Wildman–Crippen LogP) is 0.512. The van der Waals surface area contributed by atoms with Crippen LogP contribution in [0.3, 0.4) is 0 Å². The van der Waals surface area contributed by atoms with E-state index in [0.717, 1.165) is 12.4 Å². The summed E-state index contributed by atoms with van der Waals surface area (Å²) in [7, 11) is 0. The number of amides is 2. The molecule has 1 rings (SSSR count). The Balaban J connectivity index is 2.81. The summed E-state index contributed by atoms with van der Waals surface area (Å²) in [5.41, 5.74) is 1.29. The average molecular weight is 295 g/mol. The van der Waals surface area contributed by atoms with Crippen LogP contribution < -0.4 is 15.5 Å². The van der Waals surface area contributed by atoms with Crippen molar-refractivity contribution in [2.24, 2.45) is 5.41 Å². The Morgan fingerprint density at radius 1 is 1.24 bits per heavy atom. The third-order valence-corrected chi connectivity index (χ3v) is 2.28. The van der Waals surface area contributed by atoms with Crippen molar-refractivity contribution >= 4 is 23.5 Å². The van der Waals surface area contributed by atoms with Gasteiger partial charge in [0.2, 0.25) is 12.1 Å². The maximum absolute atomic E-state index is 11.8. The summed E-state index contributed by atoms with van der Waals surface area (Å²) in [6.45, 7) is 6.16. The maximum atomic E-state index is 11.8. The summed E-state index contributed by atoms with van der Waals surface area (Å²) in [6.07, 6.45) is 2.09. The zero-order valence-electron chi connectivity index (χ0n) is 12.2. The van der Waals surface area contributed by atoms with Gasteiger partial charge in [-0.2, -0.15) is 10.2 Å². The van der Waals surface area contributed by atoms with E-state index in [1.165, 1.54) is 13.0 Å². The molecule has 0 spiro atoms. The molecule has 1 aromatic heterocycles. The minimum atomic E-state index is -0.774. The van der Waals surface area contributed by atoms with Gasteiger partial charge >= 0.3 is 5.97 Å². The van der Waals surface area contributed by atoms with Crippen LogP contribution in [0.5, 0.6) is 0 Å². The van der Waals surface area contributed by atoms with Crippen molar-refractivity contribution in [3.8, 4) is 0 Å². The molecular formula is C13H17N3O5. The summed E-state index contributed by atoms with van der Waals surface area (Å²) in [5, 5.41) is 13.8. The Kier molecular flexibility index (Phi) is 4.85. The molecule has 1 aromatic rings. The fourth-order valence-corrected chi connectivity index (χ4v) is 1.25. The molecule has 114 valence electrons. The fourth-order valence-electron chi connectivity index (χ4n) is 1.25. The van der Waals surface area contributed by atoms with Gasteiger partial charge in [0.1, 0.15) is 11.3 Å². The van der Waals surface area contributed by atoms with Crippen molar-refractivity contribution in [1.29, 1.82) is 0 Å². The lowest BCUT2D eigenvalue weighted by Gasteiger charge is -2.15. The Bertz CT molecular complexity index is 578. The van der Waals surface area contributed by atoms with E-state index in [9.17, 15) is 19.6 Å².